The van der Waals surface area contributed by atoms with Crippen LogP contribution in [0.4, 0.5) is 11.4 Å². The van der Waals surface area contributed by atoms with Gasteiger partial charge in [0.15, 0.2) is 0 Å². The minimum Gasteiger partial charge on any atom is -0.326 e. The van der Waals surface area contributed by atoms with E-state index in [2.05, 4.69) is 40.3 Å². The number of anilines is 2. The fourth-order valence-corrected chi connectivity index (χ4v) is 3.51. The van der Waals surface area contributed by atoms with Gasteiger partial charge in [-0.2, -0.15) is 0 Å². The van der Waals surface area contributed by atoms with Gasteiger partial charge in [0.05, 0.1) is 0 Å². The van der Waals surface area contributed by atoms with Crippen molar-refractivity contribution in [1.29, 1.82) is 0 Å². The largest absolute Gasteiger partial charge is 0.326 e. The molecule has 30 heavy (non-hydrogen) atoms. The summed E-state index contributed by atoms with van der Waals surface area (Å²) in [6, 6.07) is 19.4. The first kappa shape index (κ1) is 19.7. The quantitative estimate of drug-likeness (QED) is 0.567. The van der Waals surface area contributed by atoms with Gasteiger partial charge in [-0.3, -0.25) is 9.59 Å². The lowest BCUT2D eigenvalue weighted by atomic mass is 10.2. The van der Waals surface area contributed by atoms with Crippen LogP contribution in [0.1, 0.15) is 29.8 Å². The Hall–Kier alpha value is -3.60. The van der Waals surface area contributed by atoms with Crippen LogP contribution in [0.5, 0.6) is 0 Å². The summed E-state index contributed by atoms with van der Waals surface area (Å²) in [6.07, 6.45) is 5.32. The molecule has 0 atom stereocenters. The maximum absolute atomic E-state index is 12.3. The lowest BCUT2D eigenvalue weighted by molar-refractivity contribution is -0.117. The van der Waals surface area contributed by atoms with Crippen molar-refractivity contribution >= 4 is 29.3 Å². The van der Waals surface area contributed by atoms with Gasteiger partial charge < -0.3 is 15.2 Å². The number of rotatable bonds is 6. The molecular weight excluding hydrogens is 374 g/mol. The highest BCUT2D eigenvalue weighted by Crippen LogP contribution is 2.30. The second kappa shape index (κ2) is 8.41. The van der Waals surface area contributed by atoms with Crippen LogP contribution in [-0.2, 0) is 9.59 Å². The van der Waals surface area contributed by atoms with Crippen LogP contribution in [0, 0.1) is 19.8 Å². The molecule has 3 aromatic rings. The predicted molar refractivity (Wildman–Crippen MR) is 121 cm³/mol. The van der Waals surface area contributed by atoms with Crippen LogP contribution >= 0.6 is 0 Å². The summed E-state index contributed by atoms with van der Waals surface area (Å²) in [4.78, 5) is 24.2. The average molecular weight is 399 g/mol. The first-order valence-corrected chi connectivity index (χ1v) is 10.2. The monoisotopic (exact) mass is 399 g/mol. The lowest BCUT2D eigenvalue weighted by Gasteiger charge is -2.09. The van der Waals surface area contributed by atoms with Crippen LogP contribution in [0.2, 0.25) is 0 Å². The number of amides is 2. The Balaban J connectivity index is 1.40. The van der Waals surface area contributed by atoms with Gasteiger partial charge in [0.25, 0.3) is 0 Å². The summed E-state index contributed by atoms with van der Waals surface area (Å²) in [5.74, 6) is 0.0375. The van der Waals surface area contributed by atoms with Crippen molar-refractivity contribution in [2.24, 2.45) is 5.92 Å². The third-order valence-corrected chi connectivity index (χ3v) is 5.27. The molecule has 1 saturated carbocycles. The first-order chi connectivity index (χ1) is 14.5. The molecule has 0 unspecified atom stereocenters. The Labute approximate surface area is 176 Å². The number of carbonyl (C=O) groups excluding carboxylic acids is 2. The number of nitrogens with zero attached hydrogens (tertiary/aromatic N) is 1. The third-order valence-electron chi connectivity index (χ3n) is 5.27. The molecule has 1 aliphatic rings. The second-order valence-corrected chi connectivity index (χ2v) is 7.66. The smallest absolute Gasteiger partial charge is 0.248 e. The molecule has 5 heteroatoms. The number of benzene rings is 2. The zero-order valence-electron chi connectivity index (χ0n) is 17.2. The number of hydrogen-bond donors (Lipinski definition) is 2. The molecule has 0 aliphatic heterocycles. The van der Waals surface area contributed by atoms with Crippen LogP contribution in [0.3, 0.4) is 0 Å². The van der Waals surface area contributed by atoms with E-state index in [1.807, 2.05) is 31.2 Å². The Morgan fingerprint density at radius 3 is 2.20 bits per heavy atom. The SMILES string of the molecule is Cc1cc(/C=C/C(=O)Nc2ccc(NC(=O)C3CC3)cc2)c(C)n1-c1ccccc1. The number of para-hydroxylation sites is 1. The molecular formula is C25H25N3O2. The van der Waals surface area contributed by atoms with Crippen LogP contribution in [0.15, 0.2) is 66.7 Å². The first-order valence-electron chi connectivity index (χ1n) is 10.2. The predicted octanol–water partition coefficient (Wildman–Crippen LogP) is 5.09. The number of aryl methyl sites for hydroxylation is 1. The number of nitrogens with one attached hydrogen (secondary N) is 2. The molecule has 2 N–H and O–H groups in total. The fourth-order valence-electron chi connectivity index (χ4n) is 3.51. The highest BCUT2D eigenvalue weighted by molar-refractivity contribution is 6.02. The van der Waals surface area contributed by atoms with Gasteiger partial charge in [-0.25, -0.2) is 0 Å². The summed E-state index contributed by atoms with van der Waals surface area (Å²) in [7, 11) is 0. The molecule has 1 fully saturated rings. The fraction of sp³-hybridized carbons (Fsp3) is 0.200. The maximum atomic E-state index is 12.3. The summed E-state index contributed by atoms with van der Waals surface area (Å²) < 4.78 is 2.17. The van der Waals surface area contributed by atoms with Crippen molar-refractivity contribution in [3.63, 3.8) is 0 Å². The molecule has 0 bridgehead atoms. The number of aromatic nitrogens is 1. The van der Waals surface area contributed by atoms with E-state index in [0.717, 1.165) is 41.2 Å². The average Bonchev–Trinajstić information content (AvgIpc) is 3.55. The van der Waals surface area contributed by atoms with Gasteiger partial charge in [0.1, 0.15) is 0 Å². The van der Waals surface area contributed by atoms with Crippen molar-refractivity contribution in [1.82, 2.24) is 4.57 Å². The standard InChI is InChI=1S/C25H25N3O2/c1-17-16-20(18(2)28(17)23-6-4-3-5-7-23)10-15-24(29)26-21-11-13-22(14-12-21)27-25(30)19-8-9-19/h3-7,10-16,19H,8-9H2,1-2H3,(H,26,29)(H,27,30)/b15-10+. The van der Waals surface area contributed by atoms with E-state index in [9.17, 15) is 9.59 Å². The molecule has 2 amide bonds. The van der Waals surface area contributed by atoms with E-state index < -0.39 is 0 Å². The maximum Gasteiger partial charge on any atom is 0.248 e. The number of carbonyl (C=O) groups is 2. The zero-order valence-corrected chi connectivity index (χ0v) is 17.2. The van der Waals surface area contributed by atoms with E-state index in [4.69, 9.17) is 0 Å². The van der Waals surface area contributed by atoms with Crippen molar-refractivity contribution in [2.75, 3.05) is 10.6 Å². The van der Waals surface area contributed by atoms with E-state index in [1.54, 1.807) is 30.3 Å². The Bertz CT molecular complexity index is 1090. The molecule has 1 heterocycles. The molecule has 152 valence electrons. The van der Waals surface area contributed by atoms with Crippen LogP contribution in [0.25, 0.3) is 11.8 Å². The second-order valence-electron chi connectivity index (χ2n) is 7.66. The topological polar surface area (TPSA) is 63.1 Å². The molecule has 0 saturated heterocycles. The van der Waals surface area contributed by atoms with Gasteiger partial charge >= 0.3 is 0 Å². The van der Waals surface area contributed by atoms with Crippen molar-refractivity contribution in [3.05, 3.63) is 83.7 Å². The summed E-state index contributed by atoms with van der Waals surface area (Å²) in [5, 5.41) is 5.75. The Morgan fingerprint density at radius 1 is 0.933 bits per heavy atom. The van der Waals surface area contributed by atoms with E-state index in [0.29, 0.717) is 5.69 Å². The van der Waals surface area contributed by atoms with E-state index in [1.165, 1.54) is 0 Å². The van der Waals surface area contributed by atoms with Crippen LogP contribution in [-0.4, -0.2) is 16.4 Å². The van der Waals surface area contributed by atoms with Gasteiger partial charge in [-0.1, -0.05) is 18.2 Å². The van der Waals surface area contributed by atoms with Crippen molar-refractivity contribution < 1.29 is 9.59 Å². The Morgan fingerprint density at radius 2 is 1.57 bits per heavy atom. The minimum absolute atomic E-state index is 0.0721. The highest BCUT2D eigenvalue weighted by Gasteiger charge is 2.29. The van der Waals surface area contributed by atoms with Gasteiger partial charge in [0.2, 0.25) is 11.8 Å². The third kappa shape index (κ3) is 4.51. The molecule has 0 spiro atoms. The van der Waals surface area contributed by atoms with Crippen LogP contribution < -0.4 is 10.6 Å². The van der Waals surface area contributed by atoms with Crippen molar-refractivity contribution in [3.8, 4) is 5.69 Å². The molecule has 2 aromatic carbocycles. The summed E-state index contributed by atoms with van der Waals surface area (Å²) in [5.41, 5.74) is 5.73. The highest BCUT2D eigenvalue weighted by atomic mass is 16.2. The van der Waals surface area contributed by atoms with Gasteiger partial charge in [-0.15, -0.1) is 0 Å². The summed E-state index contributed by atoms with van der Waals surface area (Å²) >= 11 is 0. The summed E-state index contributed by atoms with van der Waals surface area (Å²) in [6.45, 7) is 4.10. The minimum atomic E-state index is -0.200. The van der Waals surface area contributed by atoms with Gasteiger partial charge in [-0.05, 0) is 80.8 Å². The van der Waals surface area contributed by atoms with E-state index >= 15 is 0 Å². The van der Waals surface area contributed by atoms with Crippen molar-refractivity contribution in [2.45, 2.75) is 26.7 Å². The van der Waals surface area contributed by atoms with Gasteiger partial charge in [0, 0.05) is 40.4 Å². The molecule has 1 aliphatic carbocycles. The molecule has 0 radical (unpaired) electrons. The normalized spacial score (nSPS) is 13.4. The Kier molecular flexibility index (Phi) is 5.53. The molecule has 5 nitrogen and oxygen atoms in total. The molecule has 1 aromatic heterocycles. The molecule has 4 rings (SSSR count). The lowest BCUT2D eigenvalue weighted by Crippen LogP contribution is -2.13. The van der Waals surface area contributed by atoms with E-state index in [-0.39, 0.29) is 17.7 Å². The number of hydrogen-bond acceptors (Lipinski definition) is 2. The zero-order chi connectivity index (χ0) is 21.1.